The molecule has 3 aromatic rings. The van der Waals surface area contributed by atoms with Gasteiger partial charge in [-0.25, -0.2) is 18.7 Å². The molecular formula is C24H29F2N5O. The third kappa shape index (κ3) is 5.82. The number of hydrogen-bond acceptors (Lipinski definition) is 5. The van der Waals surface area contributed by atoms with E-state index in [1.165, 1.54) is 6.33 Å². The number of amides is 1. The number of rotatable bonds is 11. The first-order valence-electron chi connectivity index (χ1n) is 10.9. The lowest BCUT2D eigenvalue weighted by Gasteiger charge is -2.19. The third-order valence-corrected chi connectivity index (χ3v) is 5.51. The number of carbonyl (C=O) groups excluding carboxylic acids is 1. The number of carbonyl (C=O) groups is 1. The minimum atomic E-state index is -0.528. The molecule has 170 valence electrons. The minimum Gasteiger partial charge on any atom is -0.348 e. The molecule has 0 aliphatic rings. The molecule has 0 fully saturated rings. The van der Waals surface area contributed by atoms with E-state index < -0.39 is 13.3 Å². The zero-order valence-corrected chi connectivity index (χ0v) is 18.5. The average Bonchev–Trinajstić information content (AvgIpc) is 2.82. The molecule has 0 saturated heterocycles. The van der Waals surface area contributed by atoms with Crippen LogP contribution in [0.1, 0.15) is 42.7 Å². The lowest BCUT2D eigenvalue weighted by Crippen LogP contribution is -2.34. The van der Waals surface area contributed by atoms with Gasteiger partial charge in [-0.3, -0.25) is 14.7 Å². The van der Waals surface area contributed by atoms with Crippen molar-refractivity contribution in [2.45, 2.75) is 39.3 Å². The fourth-order valence-corrected chi connectivity index (χ4v) is 3.66. The monoisotopic (exact) mass is 441 g/mol. The number of alkyl halides is 2. The normalized spacial score (nSPS) is 11.4. The van der Waals surface area contributed by atoms with Gasteiger partial charge in [-0.2, -0.15) is 0 Å². The van der Waals surface area contributed by atoms with Crippen LogP contribution in [-0.2, 0) is 6.54 Å². The fourth-order valence-electron chi connectivity index (χ4n) is 3.66. The predicted molar refractivity (Wildman–Crippen MR) is 122 cm³/mol. The number of nitrogens with one attached hydrogen (secondary N) is 1. The van der Waals surface area contributed by atoms with Crippen molar-refractivity contribution in [3.8, 4) is 11.1 Å². The molecule has 3 rings (SSSR count). The first-order valence-corrected chi connectivity index (χ1v) is 10.9. The Labute approximate surface area is 187 Å². The number of benzene rings is 1. The first-order chi connectivity index (χ1) is 15.6. The topological polar surface area (TPSA) is 71.0 Å². The van der Waals surface area contributed by atoms with E-state index in [0.29, 0.717) is 23.1 Å². The molecule has 0 bridgehead atoms. The van der Waals surface area contributed by atoms with Crippen molar-refractivity contribution in [3.63, 3.8) is 0 Å². The smallest absolute Gasteiger partial charge is 0.270 e. The number of hydrogen-bond donors (Lipinski definition) is 1. The van der Waals surface area contributed by atoms with Gasteiger partial charge in [0, 0.05) is 49.0 Å². The van der Waals surface area contributed by atoms with E-state index in [4.69, 9.17) is 0 Å². The molecule has 32 heavy (non-hydrogen) atoms. The summed E-state index contributed by atoms with van der Waals surface area (Å²) in [6.45, 7) is 3.78. The molecule has 0 radical (unpaired) electrons. The van der Waals surface area contributed by atoms with Crippen molar-refractivity contribution in [1.29, 1.82) is 0 Å². The molecule has 8 heteroatoms. The summed E-state index contributed by atoms with van der Waals surface area (Å²) in [5.41, 5.74) is 3.59. The molecule has 1 aromatic carbocycles. The molecule has 0 aliphatic heterocycles. The summed E-state index contributed by atoms with van der Waals surface area (Å²) in [5.74, 6) is -0.219. The quantitative estimate of drug-likeness (QED) is 0.479. The van der Waals surface area contributed by atoms with Crippen LogP contribution in [0.2, 0.25) is 0 Å². The standard InChI is InChI=1S/C24H29F2N5O/c1-3-20(4-2)30-24(32)23-21-12-18(5-6-22(21)28-16-29-23)19-11-17(13-27-14-19)15-31(9-7-25)10-8-26/h5-6,11-14,16,20H,3-4,7-10,15H2,1-2H3,(H,30,32). The van der Waals surface area contributed by atoms with Gasteiger partial charge in [0.15, 0.2) is 0 Å². The molecule has 1 amide bonds. The molecule has 0 saturated carbocycles. The third-order valence-electron chi connectivity index (χ3n) is 5.51. The van der Waals surface area contributed by atoms with Crippen molar-refractivity contribution >= 4 is 16.8 Å². The molecule has 0 atom stereocenters. The van der Waals surface area contributed by atoms with Gasteiger partial charge in [0.05, 0.1) is 5.52 Å². The van der Waals surface area contributed by atoms with Crippen LogP contribution in [0, 0.1) is 0 Å². The van der Waals surface area contributed by atoms with Crippen LogP contribution in [0.5, 0.6) is 0 Å². The van der Waals surface area contributed by atoms with E-state index >= 15 is 0 Å². The number of aromatic nitrogens is 3. The van der Waals surface area contributed by atoms with Gasteiger partial charge in [-0.15, -0.1) is 0 Å². The highest BCUT2D eigenvalue weighted by Gasteiger charge is 2.16. The summed E-state index contributed by atoms with van der Waals surface area (Å²) < 4.78 is 25.5. The molecular weight excluding hydrogens is 412 g/mol. The Hall–Kier alpha value is -3.00. The van der Waals surface area contributed by atoms with Crippen molar-refractivity contribution in [1.82, 2.24) is 25.2 Å². The molecule has 2 aromatic heterocycles. The zero-order valence-electron chi connectivity index (χ0n) is 18.5. The van der Waals surface area contributed by atoms with Crippen molar-refractivity contribution in [3.05, 3.63) is 54.2 Å². The van der Waals surface area contributed by atoms with Crippen molar-refractivity contribution < 1.29 is 13.6 Å². The second-order valence-corrected chi connectivity index (χ2v) is 7.68. The molecule has 0 aliphatic carbocycles. The van der Waals surface area contributed by atoms with Crippen LogP contribution in [0.25, 0.3) is 22.0 Å². The van der Waals surface area contributed by atoms with Gasteiger partial charge in [-0.05, 0) is 42.2 Å². The molecule has 0 unspecified atom stereocenters. The van der Waals surface area contributed by atoms with Crippen LogP contribution in [0.3, 0.4) is 0 Å². The lowest BCUT2D eigenvalue weighted by molar-refractivity contribution is 0.0931. The Morgan fingerprint density at radius 1 is 1.03 bits per heavy atom. The van der Waals surface area contributed by atoms with Gasteiger partial charge < -0.3 is 5.32 Å². The summed E-state index contributed by atoms with van der Waals surface area (Å²) in [6.07, 6.45) is 6.52. The number of fused-ring (bicyclic) bond motifs is 1. The van der Waals surface area contributed by atoms with Gasteiger partial charge in [0.25, 0.3) is 5.91 Å². The summed E-state index contributed by atoms with van der Waals surface area (Å²) >= 11 is 0. The van der Waals surface area contributed by atoms with E-state index in [1.54, 1.807) is 17.3 Å². The maximum absolute atomic E-state index is 12.9. The second-order valence-electron chi connectivity index (χ2n) is 7.68. The largest absolute Gasteiger partial charge is 0.348 e. The number of nitrogens with zero attached hydrogens (tertiary/aromatic N) is 4. The van der Waals surface area contributed by atoms with Crippen LogP contribution < -0.4 is 5.32 Å². The summed E-state index contributed by atoms with van der Waals surface area (Å²) in [7, 11) is 0. The van der Waals surface area contributed by atoms with Crippen LogP contribution in [0.4, 0.5) is 8.78 Å². The maximum atomic E-state index is 12.9. The number of halogens is 2. The van der Waals surface area contributed by atoms with E-state index in [0.717, 1.165) is 29.5 Å². The first kappa shape index (κ1) is 23.7. The Balaban J connectivity index is 1.92. The van der Waals surface area contributed by atoms with Gasteiger partial charge in [-0.1, -0.05) is 19.9 Å². The van der Waals surface area contributed by atoms with E-state index in [1.807, 2.05) is 38.1 Å². The Morgan fingerprint density at radius 3 is 2.47 bits per heavy atom. The van der Waals surface area contributed by atoms with Crippen LogP contribution >= 0.6 is 0 Å². The molecule has 6 nitrogen and oxygen atoms in total. The van der Waals surface area contributed by atoms with Gasteiger partial charge >= 0.3 is 0 Å². The highest BCUT2D eigenvalue weighted by atomic mass is 19.1. The lowest BCUT2D eigenvalue weighted by atomic mass is 10.0. The summed E-state index contributed by atoms with van der Waals surface area (Å²) in [6, 6.07) is 7.70. The van der Waals surface area contributed by atoms with Crippen LogP contribution in [-0.4, -0.2) is 58.2 Å². The SMILES string of the molecule is CCC(CC)NC(=O)c1ncnc2ccc(-c3cncc(CN(CCF)CCF)c3)cc12. The van der Waals surface area contributed by atoms with Crippen molar-refractivity contribution in [2.24, 2.45) is 0 Å². The Bertz CT molecular complexity index is 1040. The van der Waals surface area contributed by atoms with Crippen molar-refractivity contribution in [2.75, 3.05) is 26.4 Å². The number of pyridine rings is 1. The van der Waals surface area contributed by atoms with E-state index in [2.05, 4.69) is 20.3 Å². The average molecular weight is 442 g/mol. The summed E-state index contributed by atoms with van der Waals surface area (Å²) in [5, 5.41) is 3.69. The summed E-state index contributed by atoms with van der Waals surface area (Å²) in [4.78, 5) is 27.4. The highest BCUT2D eigenvalue weighted by Crippen LogP contribution is 2.25. The molecule has 0 spiro atoms. The van der Waals surface area contributed by atoms with Gasteiger partial charge in [0.2, 0.25) is 0 Å². The van der Waals surface area contributed by atoms with E-state index in [9.17, 15) is 13.6 Å². The second kappa shape index (κ2) is 11.6. The minimum absolute atomic E-state index is 0.0909. The van der Waals surface area contributed by atoms with Gasteiger partial charge in [0.1, 0.15) is 25.4 Å². The van der Waals surface area contributed by atoms with Crippen LogP contribution in [0.15, 0.2) is 43.0 Å². The highest BCUT2D eigenvalue weighted by molar-refractivity contribution is 6.05. The zero-order chi connectivity index (χ0) is 22.9. The Morgan fingerprint density at radius 2 is 1.78 bits per heavy atom. The predicted octanol–water partition coefficient (Wildman–Crippen LogP) is 4.35. The Kier molecular flexibility index (Phi) is 8.56. The fraction of sp³-hybridized carbons (Fsp3) is 0.417. The molecule has 1 N–H and O–H groups in total. The van der Waals surface area contributed by atoms with E-state index in [-0.39, 0.29) is 25.0 Å². The molecule has 2 heterocycles. The maximum Gasteiger partial charge on any atom is 0.270 e.